The second-order valence-corrected chi connectivity index (χ2v) is 4.69. The van der Waals surface area contributed by atoms with Gasteiger partial charge in [-0.3, -0.25) is 0 Å². The van der Waals surface area contributed by atoms with Gasteiger partial charge in [0.05, 0.1) is 12.8 Å². The molecule has 5 nitrogen and oxygen atoms in total. The maximum atomic E-state index is 5.93. The predicted octanol–water partition coefficient (Wildman–Crippen LogP) is 3.23. The number of nitrogens with one attached hydrogen (secondary N) is 1. The van der Waals surface area contributed by atoms with Crippen molar-refractivity contribution in [3.8, 4) is 5.88 Å². The Bertz CT molecular complexity index is 579. The summed E-state index contributed by atoms with van der Waals surface area (Å²) in [5.74, 6) is 0.787. The topological polar surface area (TPSA) is 73.1 Å². The van der Waals surface area contributed by atoms with E-state index >= 15 is 0 Å². The van der Waals surface area contributed by atoms with Crippen molar-refractivity contribution >= 4 is 44.7 Å². The van der Waals surface area contributed by atoms with Gasteiger partial charge < -0.3 is 15.8 Å². The molecule has 0 saturated heterocycles. The largest absolute Gasteiger partial charge is 0.479 e. The number of hydrogen-bond acceptors (Lipinski definition) is 5. The molecule has 0 amide bonds. The summed E-state index contributed by atoms with van der Waals surface area (Å²) < 4.78 is 5.87. The zero-order valence-corrected chi connectivity index (χ0v) is 11.8. The van der Waals surface area contributed by atoms with E-state index in [-0.39, 0.29) is 0 Å². The summed E-state index contributed by atoms with van der Waals surface area (Å²) in [7, 11) is 1.50. The van der Waals surface area contributed by atoms with Crippen LogP contribution in [-0.2, 0) is 0 Å². The van der Waals surface area contributed by atoms with Crippen LogP contribution in [0.5, 0.6) is 5.88 Å². The average Bonchev–Trinajstić information content (AvgIpc) is 2.36. The van der Waals surface area contributed by atoms with Crippen molar-refractivity contribution in [3.63, 3.8) is 0 Å². The molecular weight excluding hydrogens is 320 g/mol. The van der Waals surface area contributed by atoms with E-state index < -0.39 is 0 Å². The number of methoxy groups -OCH3 is 1. The summed E-state index contributed by atoms with van der Waals surface area (Å²) in [6, 6.07) is 5.37. The second-order valence-electron chi connectivity index (χ2n) is 3.39. The first-order valence-electron chi connectivity index (χ1n) is 4.98. The third-order valence-corrected chi connectivity index (χ3v) is 3.15. The molecular formula is C11H10BrClN4O. The molecule has 0 aliphatic carbocycles. The summed E-state index contributed by atoms with van der Waals surface area (Å²) in [6.07, 6.45) is 1.37. The molecule has 1 aromatic heterocycles. The number of benzene rings is 1. The average molecular weight is 330 g/mol. The van der Waals surface area contributed by atoms with Gasteiger partial charge in [0.1, 0.15) is 12.0 Å². The summed E-state index contributed by atoms with van der Waals surface area (Å²) >= 11 is 9.34. The van der Waals surface area contributed by atoms with Crippen molar-refractivity contribution in [3.05, 3.63) is 34.0 Å². The van der Waals surface area contributed by atoms with E-state index in [2.05, 4.69) is 31.2 Å². The van der Waals surface area contributed by atoms with E-state index in [1.165, 1.54) is 13.4 Å². The first-order valence-corrected chi connectivity index (χ1v) is 6.15. The number of ether oxygens (including phenoxy) is 1. The Morgan fingerprint density at radius 3 is 2.89 bits per heavy atom. The molecule has 0 spiro atoms. The number of aromatic nitrogens is 2. The second kappa shape index (κ2) is 5.41. The van der Waals surface area contributed by atoms with E-state index in [0.717, 1.165) is 10.2 Å². The highest BCUT2D eigenvalue weighted by Gasteiger charge is 2.10. The van der Waals surface area contributed by atoms with Crippen LogP contribution in [0.4, 0.5) is 17.2 Å². The minimum atomic E-state index is 0.325. The van der Waals surface area contributed by atoms with Crippen LogP contribution < -0.4 is 15.8 Å². The van der Waals surface area contributed by atoms with E-state index in [1.54, 1.807) is 12.1 Å². The molecule has 0 unspecified atom stereocenters. The summed E-state index contributed by atoms with van der Waals surface area (Å²) in [5, 5.41) is 3.68. The molecule has 0 atom stereocenters. The van der Waals surface area contributed by atoms with E-state index in [0.29, 0.717) is 22.4 Å². The van der Waals surface area contributed by atoms with E-state index in [9.17, 15) is 0 Å². The van der Waals surface area contributed by atoms with Crippen molar-refractivity contribution < 1.29 is 4.74 Å². The molecule has 0 fully saturated rings. The highest BCUT2D eigenvalue weighted by Crippen LogP contribution is 2.32. The zero-order chi connectivity index (χ0) is 13.1. The SMILES string of the molecule is COc1ncnc(Nc2cc(Cl)ccc2Br)c1N. The van der Waals surface area contributed by atoms with Crippen molar-refractivity contribution in [2.45, 2.75) is 0 Å². The van der Waals surface area contributed by atoms with Crippen LogP contribution >= 0.6 is 27.5 Å². The third-order valence-electron chi connectivity index (χ3n) is 2.22. The third kappa shape index (κ3) is 2.65. The molecule has 18 heavy (non-hydrogen) atoms. The van der Waals surface area contributed by atoms with Crippen LogP contribution in [0.3, 0.4) is 0 Å². The van der Waals surface area contributed by atoms with Crippen LogP contribution in [0, 0.1) is 0 Å². The lowest BCUT2D eigenvalue weighted by Crippen LogP contribution is -2.03. The fraction of sp³-hybridized carbons (Fsp3) is 0.0909. The van der Waals surface area contributed by atoms with E-state index in [4.69, 9.17) is 22.1 Å². The van der Waals surface area contributed by atoms with Gasteiger partial charge in [-0.25, -0.2) is 4.98 Å². The number of rotatable bonds is 3. The first-order chi connectivity index (χ1) is 8.61. The highest BCUT2D eigenvalue weighted by atomic mass is 79.9. The van der Waals surface area contributed by atoms with Crippen molar-refractivity contribution in [2.24, 2.45) is 0 Å². The van der Waals surface area contributed by atoms with Gasteiger partial charge in [0.15, 0.2) is 5.82 Å². The quantitative estimate of drug-likeness (QED) is 0.904. The monoisotopic (exact) mass is 328 g/mol. The van der Waals surface area contributed by atoms with Gasteiger partial charge in [0.25, 0.3) is 0 Å². The van der Waals surface area contributed by atoms with Crippen LogP contribution in [0.1, 0.15) is 0 Å². The van der Waals surface area contributed by atoms with Gasteiger partial charge in [-0.2, -0.15) is 4.98 Å². The number of nitrogens with zero attached hydrogens (tertiary/aromatic N) is 2. The minimum absolute atomic E-state index is 0.325. The Hall–Kier alpha value is -1.53. The fourth-order valence-corrected chi connectivity index (χ4v) is 1.88. The summed E-state index contributed by atoms with van der Waals surface area (Å²) in [5.41, 5.74) is 6.97. The summed E-state index contributed by atoms with van der Waals surface area (Å²) in [4.78, 5) is 7.96. The van der Waals surface area contributed by atoms with Crippen molar-refractivity contribution in [1.82, 2.24) is 9.97 Å². The van der Waals surface area contributed by atoms with Gasteiger partial charge in [0.2, 0.25) is 5.88 Å². The van der Waals surface area contributed by atoms with E-state index in [1.807, 2.05) is 6.07 Å². The lowest BCUT2D eigenvalue weighted by atomic mass is 10.3. The van der Waals surface area contributed by atoms with Crippen LogP contribution in [0.25, 0.3) is 0 Å². The smallest absolute Gasteiger partial charge is 0.242 e. The Balaban J connectivity index is 2.37. The Morgan fingerprint density at radius 2 is 2.17 bits per heavy atom. The van der Waals surface area contributed by atoms with Crippen LogP contribution in [0.2, 0.25) is 5.02 Å². The number of anilines is 3. The lowest BCUT2D eigenvalue weighted by molar-refractivity contribution is 0.399. The van der Waals surface area contributed by atoms with Crippen molar-refractivity contribution in [2.75, 3.05) is 18.2 Å². The van der Waals surface area contributed by atoms with Gasteiger partial charge >= 0.3 is 0 Å². The molecule has 94 valence electrons. The number of nitrogen functional groups attached to an aromatic ring is 1. The Labute approximate surface area is 117 Å². The first kappa shape index (κ1) is 12.9. The molecule has 7 heteroatoms. The molecule has 0 aliphatic heterocycles. The number of hydrogen-bond donors (Lipinski definition) is 2. The van der Waals surface area contributed by atoms with Crippen LogP contribution in [-0.4, -0.2) is 17.1 Å². The predicted molar refractivity (Wildman–Crippen MR) is 75.4 cm³/mol. The highest BCUT2D eigenvalue weighted by molar-refractivity contribution is 9.10. The molecule has 2 rings (SSSR count). The molecule has 1 aromatic carbocycles. The Morgan fingerprint density at radius 1 is 1.39 bits per heavy atom. The van der Waals surface area contributed by atoms with Crippen LogP contribution in [0.15, 0.2) is 29.0 Å². The van der Waals surface area contributed by atoms with Gasteiger partial charge in [-0.1, -0.05) is 11.6 Å². The number of halogens is 2. The molecule has 0 aliphatic rings. The maximum absolute atomic E-state index is 5.93. The molecule has 1 heterocycles. The fourth-order valence-electron chi connectivity index (χ4n) is 1.36. The maximum Gasteiger partial charge on any atom is 0.242 e. The van der Waals surface area contributed by atoms with Crippen molar-refractivity contribution in [1.29, 1.82) is 0 Å². The normalized spacial score (nSPS) is 10.2. The molecule has 0 saturated carbocycles. The minimum Gasteiger partial charge on any atom is -0.479 e. The van der Waals surface area contributed by atoms with Gasteiger partial charge in [0, 0.05) is 9.50 Å². The Kier molecular flexibility index (Phi) is 3.88. The van der Waals surface area contributed by atoms with Gasteiger partial charge in [-0.15, -0.1) is 0 Å². The molecule has 2 aromatic rings. The lowest BCUT2D eigenvalue weighted by Gasteiger charge is -2.11. The molecule has 0 bridgehead atoms. The summed E-state index contributed by atoms with van der Waals surface area (Å²) in [6.45, 7) is 0. The molecule has 3 N–H and O–H groups in total. The molecule has 0 radical (unpaired) electrons. The van der Waals surface area contributed by atoms with Gasteiger partial charge in [-0.05, 0) is 34.1 Å². The standard InChI is InChI=1S/C11H10BrClN4O/c1-18-11-9(14)10(15-5-16-11)17-8-4-6(13)2-3-7(8)12/h2-5H,14H2,1H3,(H,15,16,17). The zero-order valence-electron chi connectivity index (χ0n) is 9.45. The number of nitrogens with two attached hydrogens (primary N) is 1.